The number of benzene rings is 1. The van der Waals surface area contributed by atoms with Crippen LogP contribution < -0.4 is 10.2 Å². The van der Waals surface area contributed by atoms with Gasteiger partial charge in [0.2, 0.25) is 0 Å². The van der Waals surface area contributed by atoms with Gasteiger partial charge < -0.3 is 10.2 Å². The van der Waals surface area contributed by atoms with E-state index in [4.69, 9.17) is 0 Å². The fourth-order valence-electron chi connectivity index (χ4n) is 2.41. The van der Waals surface area contributed by atoms with Crippen LogP contribution in [-0.2, 0) is 0 Å². The third kappa shape index (κ3) is 5.65. The molecule has 0 aliphatic heterocycles. The van der Waals surface area contributed by atoms with Crippen LogP contribution in [0.4, 0.5) is 5.69 Å². The molecule has 1 aromatic rings. The van der Waals surface area contributed by atoms with E-state index in [2.05, 4.69) is 69.1 Å². The highest BCUT2D eigenvalue weighted by molar-refractivity contribution is 5.49. The minimum absolute atomic E-state index is 0.575. The maximum Gasteiger partial charge on any atom is 0.0371 e. The first-order valence-corrected chi connectivity index (χ1v) is 7.58. The topological polar surface area (TPSA) is 15.3 Å². The van der Waals surface area contributed by atoms with Crippen LogP contribution in [0.3, 0.4) is 0 Å². The summed E-state index contributed by atoms with van der Waals surface area (Å²) in [5.41, 5.74) is 2.68. The van der Waals surface area contributed by atoms with E-state index in [1.807, 2.05) is 0 Å². The number of nitrogens with zero attached hydrogens (tertiary/aromatic N) is 1. The van der Waals surface area contributed by atoms with Gasteiger partial charge in [0, 0.05) is 18.3 Å². The van der Waals surface area contributed by atoms with E-state index in [0.717, 1.165) is 25.6 Å². The van der Waals surface area contributed by atoms with Crippen LogP contribution >= 0.6 is 0 Å². The Morgan fingerprint density at radius 2 is 1.95 bits per heavy atom. The second kappa shape index (κ2) is 8.21. The minimum atomic E-state index is 0.575. The maximum absolute atomic E-state index is 3.53. The zero-order valence-corrected chi connectivity index (χ0v) is 13.2. The lowest BCUT2D eigenvalue weighted by atomic mass is 10.1. The Morgan fingerprint density at radius 1 is 1.21 bits per heavy atom. The quantitative estimate of drug-likeness (QED) is 0.716. The smallest absolute Gasteiger partial charge is 0.0371 e. The fourth-order valence-corrected chi connectivity index (χ4v) is 2.41. The standard InChI is InChI=1S/C17H30N2/c1-6-19(17-9-7-8-15(4)12-17)16(5)10-11-18-13-14(2)3/h7-9,12,14,16,18H,6,10-11,13H2,1-5H3. The Labute approximate surface area is 119 Å². The summed E-state index contributed by atoms with van der Waals surface area (Å²) in [4.78, 5) is 2.49. The summed E-state index contributed by atoms with van der Waals surface area (Å²) in [5, 5.41) is 3.53. The second-order valence-electron chi connectivity index (χ2n) is 5.86. The molecule has 0 saturated heterocycles. The van der Waals surface area contributed by atoms with E-state index in [-0.39, 0.29) is 0 Å². The molecule has 0 aliphatic rings. The molecular formula is C17H30N2. The van der Waals surface area contributed by atoms with Crippen LogP contribution in [0.15, 0.2) is 24.3 Å². The van der Waals surface area contributed by atoms with E-state index in [1.54, 1.807) is 0 Å². The van der Waals surface area contributed by atoms with Crippen molar-refractivity contribution in [1.29, 1.82) is 0 Å². The molecule has 1 unspecified atom stereocenters. The molecule has 0 aromatic heterocycles. The number of anilines is 1. The molecule has 0 amide bonds. The highest BCUT2D eigenvalue weighted by atomic mass is 15.2. The van der Waals surface area contributed by atoms with Gasteiger partial charge in [-0.1, -0.05) is 26.0 Å². The molecule has 0 fully saturated rings. The van der Waals surface area contributed by atoms with Gasteiger partial charge in [-0.25, -0.2) is 0 Å². The summed E-state index contributed by atoms with van der Waals surface area (Å²) in [6.07, 6.45) is 1.19. The Hall–Kier alpha value is -1.02. The second-order valence-corrected chi connectivity index (χ2v) is 5.86. The Bertz CT molecular complexity index is 360. The van der Waals surface area contributed by atoms with E-state index >= 15 is 0 Å². The van der Waals surface area contributed by atoms with Crippen LogP contribution in [0, 0.1) is 12.8 Å². The summed E-state index contributed by atoms with van der Waals surface area (Å²) < 4.78 is 0. The van der Waals surface area contributed by atoms with Gasteiger partial charge in [0.15, 0.2) is 0 Å². The van der Waals surface area contributed by atoms with Crippen LogP contribution in [-0.4, -0.2) is 25.7 Å². The van der Waals surface area contributed by atoms with Gasteiger partial charge in [0.05, 0.1) is 0 Å². The largest absolute Gasteiger partial charge is 0.369 e. The van der Waals surface area contributed by atoms with Gasteiger partial charge in [-0.3, -0.25) is 0 Å². The fraction of sp³-hybridized carbons (Fsp3) is 0.647. The molecular weight excluding hydrogens is 232 g/mol. The number of rotatable bonds is 8. The van der Waals surface area contributed by atoms with Gasteiger partial charge in [-0.15, -0.1) is 0 Å². The molecule has 1 N–H and O–H groups in total. The molecule has 0 radical (unpaired) electrons. The van der Waals surface area contributed by atoms with Crippen molar-refractivity contribution in [3.05, 3.63) is 29.8 Å². The van der Waals surface area contributed by atoms with Crippen LogP contribution in [0.5, 0.6) is 0 Å². The number of hydrogen-bond acceptors (Lipinski definition) is 2. The normalized spacial score (nSPS) is 12.7. The SMILES string of the molecule is CCN(c1cccc(C)c1)C(C)CCNCC(C)C. The van der Waals surface area contributed by atoms with Crippen molar-refractivity contribution in [3.8, 4) is 0 Å². The van der Waals surface area contributed by atoms with Crippen molar-refractivity contribution in [2.24, 2.45) is 5.92 Å². The predicted octanol–water partition coefficient (Wildman–Crippen LogP) is 3.85. The lowest BCUT2D eigenvalue weighted by Gasteiger charge is -2.30. The first-order valence-electron chi connectivity index (χ1n) is 7.58. The highest BCUT2D eigenvalue weighted by Crippen LogP contribution is 2.19. The third-order valence-electron chi connectivity index (χ3n) is 3.50. The molecule has 2 nitrogen and oxygen atoms in total. The molecule has 1 aromatic carbocycles. The molecule has 1 rings (SSSR count). The number of aryl methyl sites for hydroxylation is 1. The van der Waals surface area contributed by atoms with Gasteiger partial charge >= 0.3 is 0 Å². The molecule has 2 heteroatoms. The van der Waals surface area contributed by atoms with Gasteiger partial charge in [-0.05, 0) is 63.9 Å². The van der Waals surface area contributed by atoms with E-state index in [0.29, 0.717) is 6.04 Å². The van der Waals surface area contributed by atoms with Crippen molar-refractivity contribution in [2.75, 3.05) is 24.5 Å². The minimum Gasteiger partial charge on any atom is -0.369 e. The first-order chi connectivity index (χ1) is 9.04. The Morgan fingerprint density at radius 3 is 2.53 bits per heavy atom. The average molecular weight is 262 g/mol. The van der Waals surface area contributed by atoms with Crippen molar-refractivity contribution in [2.45, 2.75) is 47.1 Å². The van der Waals surface area contributed by atoms with E-state index in [9.17, 15) is 0 Å². The Kier molecular flexibility index (Phi) is 6.93. The highest BCUT2D eigenvalue weighted by Gasteiger charge is 2.12. The summed E-state index contributed by atoms with van der Waals surface area (Å²) in [6.45, 7) is 14.5. The summed E-state index contributed by atoms with van der Waals surface area (Å²) in [5.74, 6) is 0.731. The monoisotopic (exact) mass is 262 g/mol. The van der Waals surface area contributed by atoms with E-state index in [1.165, 1.54) is 17.7 Å². The molecule has 0 spiro atoms. The predicted molar refractivity (Wildman–Crippen MR) is 86.0 cm³/mol. The average Bonchev–Trinajstić information content (AvgIpc) is 2.35. The summed E-state index contributed by atoms with van der Waals surface area (Å²) >= 11 is 0. The summed E-state index contributed by atoms with van der Waals surface area (Å²) in [7, 11) is 0. The van der Waals surface area contributed by atoms with Crippen molar-refractivity contribution in [3.63, 3.8) is 0 Å². The number of nitrogens with one attached hydrogen (secondary N) is 1. The molecule has 0 aliphatic carbocycles. The molecule has 19 heavy (non-hydrogen) atoms. The van der Waals surface area contributed by atoms with Gasteiger partial charge in [0.1, 0.15) is 0 Å². The van der Waals surface area contributed by atoms with E-state index < -0.39 is 0 Å². The Balaban J connectivity index is 2.50. The zero-order chi connectivity index (χ0) is 14.3. The van der Waals surface area contributed by atoms with Crippen LogP contribution in [0.1, 0.15) is 39.7 Å². The first kappa shape index (κ1) is 16.0. The van der Waals surface area contributed by atoms with Crippen molar-refractivity contribution >= 4 is 5.69 Å². The number of hydrogen-bond donors (Lipinski definition) is 1. The lowest BCUT2D eigenvalue weighted by molar-refractivity contribution is 0.510. The lowest BCUT2D eigenvalue weighted by Crippen LogP contribution is -2.35. The zero-order valence-electron chi connectivity index (χ0n) is 13.2. The molecule has 0 saturated carbocycles. The van der Waals surface area contributed by atoms with Crippen LogP contribution in [0.25, 0.3) is 0 Å². The maximum atomic E-state index is 3.53. The molecule has 1 atom stereocenters. The van der Waals surface area contributed by atoms with Crippen molar-refractivity contribution in [1.82, 2.24) is 5.32 Å². The molecule has 0 heterocycles. The van der Waals surface area contributed by atoms with Crippen molar-refractivity contribution < 1.29 is 0 Å². The third-order valence-corrected chi connectivity index (χ3v) is 3.50. The molecule has 0 bridgehead atoms. The van der Waals surface area contributed by atoms with Gasteiger partial charge in [-0.2, -0.15) is 0 Å². The molecule has 108 valence electrons. The van der Waals surface area contributed by atoms with Crippen LogP contribution in [0.2, 0.25) is 0 Å². The summed E-state index contributed by atoms with van der Waals surface area (Å²) in [6, 6.07) is 9.38. The van der Waals surface area contributed by atoms with Gasteiger partial charge in [0.25, 0.3) is 0 Å².